The van der Waals surface area contributed by atoms with Crippen LogP contribution in [-0.2, 0) is 4.74 Å². The number of H-pyrrole nitrogens is 1. The third-order valence-electron chi connectivity index (χ3n) is 3.66. The lowest BCUT2D eigenvalue weighted by Gasteiger charge is -2.29. The van der Waals surface area contributed by atoms with Crippen molar-refractivity contribution in [1.29, 1.82) is 0 Å². The molecule has 0 aliphatic carbocycles. The maximum absolute atomic E-state index is 11.8. The molecule has 1 fully saturated rings. The molecule has 112 valence electrons. The zero-order chi connectivity index (χ0) is 14.9. The molecule has 1 aromatic heterocycles. The average molecular weight is 286 g/mol. The standard InChI is InChI=1S/C12H18N2O6/c1-7-5-14(11(19)13-10(7)18)9-4-8(17)12(6-16,20-9)2-3-15/h5,8-9,15-17H,2-4,6H2,1H3,(H,13,18,19)/t8-,9+,12+/m0/s1. The lowest BCUT2D eigenvalue weighted by atomic mass is 9.94. The molecule has 3 atom stereocenters. The van der Waals surface area contributed by atoms with Crippen LogP contribution >= 0.6 is 0 Å². The van der Waals surface area contributed by atoms with E-state index in [2.05, 4.69) is 4.98 Å². The van der Waals surface area contributed by atoms with Gasteiger partial charge >= 0.3 is 5.69 Å². The smallest absolute Gasteiger partial charge is 0.330 e. The first-order valence-electron chi connectivity index (χ1n) is 6.33. The summed E-state index contributed by atoms with van der Waals surface area (Å²) < 4.78 is 6.77. The van der Waals surface area contributed by atoms with Gasteiger partial charge in [-0.3, -0.25) is 14.3 Å². The minimum absolute atomic E-state index is 0.0538. The van der Waals surface area contributed by atoms with Gasteiger partial charge in [-0.2, -0.15) is 0 Å². The van der Waals surface area contributed by atoms with Crippen molar-refractivity contribution in [1.82, 2.24) is 9.55 Å². The molecule has 0 amide bonds. The molecule has 0 spiro atoms. The molecule has 8 heteroatoms. The Kier molecular flexibility index (Phi) is 4.09. The highest BCUT2D eigenvalue weighted by molar-refractivity contribution is 5.03. The molecule has 1 saturated heterocycles. The van der Waals surface area contributed by atoms with Gasteiger partial charge in [-0.25, -0.2) is 4.79 Å². The summed E-state index contributed by atoms with van der Waals surface area (Å²) in [5.74, 6) is 0. The molecule has 8 nitrogen and oxygen atoms in total. The predicted molar refractivity (Wildman–Crippen MR) is 68.3 cm³/mol. The summed E-state index contributed by atoms with van der Waals surface area (Å²) in [5.41, 5.74) is -2.07. The van der Waals surface area contributed by atoms with Gasteiger partial charge in [0.05, 0.1) is 12.7 Å². The summed E-state index contributed by atoms with van der Waals surface area (Å²) in [6.45, 7) is 0.819. The molecule has 1 aromatic rings. The number of hydrogen-bond donors (Lipinski definition) is 4. The molecular formula is C12H18N2O6. The molecule has 1 aliphatic rings. The molecule has 20 heavy (non-hydrogen) atoms. The lowest BCUT2D eigenvalue weighted by Crippen LogP contribution is -2.44. The van der Waals surface area contributed by atoms with E-state index in [1.54, 1.807) is 6.92 Å². The van der Waals surface area contributed by atoms with Gasteiger partial charge in [-0.05, 0) is 6.92 Å². The molecular weight excluding hydrogens is 268 g/mol. The van der Waals surface area contributed by atoms with E-state index >= 15 is 0 Å². The van der Waals surface area contributed by atoms with Crippen molar-refractivity contribution in [2.45, 2.75) is 37.7 Å². The Morgan fingerprint density at radius 2 is 2.20 bits per heavy atom. The first-order chi connectivity index (χ1) is 9.43. The van der Waals surface area contributed by atoms with Gasteiger partial charge in [-0.15, -0.1) is 0 Å². The third-order valence-corrected chi connectivity index (χ3v) is 3.66. The summed E-state index contributed by atoms with van der Waals surface area (Å²) >= 11 is 0. The summed E-state index contributed by atoms with van der Waals surface area (Å²) in [5, 5.41) is 28.5. The van der Waals surface area contributed by atoms with E-state index < -0.39 is 35.8 Å². The zero-order valence-electron chi connectivity index (χ0n) is 11.1. The van der Waals surface area contributed by atoms with Gasteiger partial charge in [0.1, 0.15) is 11.8 Å². The van der Waals surface area contributed by atoms with E-state index in [0.717, 1.165) is 0 Å². The molecule has 0 saturated carbocycles. The van der Waals surface area contributed by atoms with Crippen molar-refractivity contribution in [2.24, 2.45) is 0 Å². The highest BCUT2D eigenvalue weighted by Gasteiger charge is 2.48. The Morgan fingerprint density at radius 3 is 2.80 bits per heavy atom. The molecule has 0 radical (unpaired) electrons. The Morgan fingerprint density at radius 1 is 1.50 bits per heavy atom. The second kappa shape index (κ2) is 5.49. The number of ether oxygens (including phenoxy) is 1. The second-order valence-electron chi connectivity index (χ2n) is 5.00. The van der Waals surface area contributed by atoms with Gasteiger partial charge < -0.3 is 20.1 Å². The average Bonchev–Trinajstić information content (AvgIpc) is 2.72. The van der Waals surface area contributed by atoms with Gasteiger partial charge in [0, 0.05) is 31.2 Å². The van der Waals surface area contributed by atoms with Gasteiger partial charge in [-0.1, -0.05) is 0 Å². The van der Waals surface area contributed by atoms with E-state index in [0.29, 0.717) is 5.56 Å². The van der Waals surface area contributed by atoms with Gasteiger partial charge in [0.2, 0.25) is 0 Å². The van der Waals surface area contributed by atoms with Crippen LogP contribution in [-0.4, -0.2) is 49.8 Å². The SMILES string of the molecule is Cc1cn([C@H]2C[C@H](O)[C@](CO)(CCO)O2)c(=O)[nH]c1=O. The highest BCUT2D eigenvalue weighted by atomic mass is 16.6. The Balaban J connectivity index is 2.35. The lowest BCUT2D eigenvalue weighted by molar-refractivity contribution is -0.137. The number of aromatic amines is 1. The monoisotopic (exact) mass is 286 g/mol. The van der Waals surface area contributed by atoms with Crippen molar-refractivity contribution in [2.75, 3.05) is 13.2 Å². The third kappa shape index (κ3) is 2.42. The number of aliphatic hydroxyl groups excluding tert-OH is 3. The first kappa shape index (κ1) is 14.9. The molecule has 2 rings (SSSR count). The summed E-state index contributed by atoms with van der Waals surface area (Å²) in [6.07, 6.45) is -0.314. The van der Waals surface area contributed by atoms with Crippen LogP contribution in [0.25, 0.3) is 0 Å². The van der Waals surface area contributed by atoms with Crippen LogP contribution in [0, 0.1) is 6.92 Å². The van der Waals surface area contributed by atoms with Crippen molar-refractivity contribution in [3.63, 3.8) is 0 Å². The fraction of sp³-hybridized carbons (Fsp3) is 0.667. The van der Waals surface area contributed by atoms with E-state index in [-0.39, 0.29) is 19.4 Å². The second-order valence-corrected chi connectivity index (χ2v) is 5.00. The van der Waals surface area contributed by atoms with Crippen LogP contribution in [0.3, 0.4) is 0 Å². The molecule has 0 unspecified atom stereocenters. The Hall–Kier alpha value is -1.48. The van der Waals surface area contributed by atoms with Crippen LogP contribution in [0.2, 0.25) is 0 Å². The normalized spacial score (nSPS) is 29.8. The van der Waals surface area contributed by atoms with Crippen LogP contribution < -0.4 is 11.2 Å². The summed E-state index contributed by atoms with van der Waals surface area (Å²) in [7, 11) is 0. The minimum Gasteiger partial charge on any atom is -0.396 e. The van der Waals surface area contributed by atoms with Crippen molar-refractivity contribution in [3.8, 4) is 0 Å². The van der Waals surface area contributed by atoms with Gasteiger partial charge in [0.15, 0.2) is 0 Å². The number of hydrogen-bond acceptors (Lipinski definition) is 6. The maximum atomic E-state index is 11.8. The zero-order valence-corrected chi connectivity index (χ0v) is 11.1. The summed E-state index contributed by atoms with van der Waals surface area (Å²) in [4.78, 5) is 25.3. The van der Waals surface area contributed by atoms with Gasteiger partial charge in [0.25, 0.3) is 5.56 Å². The number of aryl methyl sites for hydroxylation is 1. The quantitative estimate of drug-likeness (QED) is 0.519. The number of nitrogens with one attached hydrogen (secondary N) is 1. The molecule has 4 N–H and O–H groups in total. The molecule has 0 aromatic carbocycles. The predicted octanol–water partition coefficient (Wildman–Crippen LogP) is -1.76. The Bertz CT molecular complexity index is 594. The van der Waals surface area contributed by atoms with Crippen LogP contribution in [0.4, 0.5) is 0 Å². The number of aliphatic hydroxyl groups is 3. The van der Waals surface area contributed by atoms with E-state index in [1.807, 2.05) is 0 Å². The minimum atomic E-state index is -1.29. The fourth-order valence-corrected chi connectivity index (χ4v) is 2.41. The topological polar surface area (TPSA) is 125 Å². The number of aromatic nitrogens is 2. The van der Waals surface area contributed by atoms with Crippen LogP contribution in [0.1, 0.15) is 24.6 Å². The molecule has 0 bridgehead atoms. The van der Waals surface area contributed by atoms with E-state index in [4.69, 9.17) is 9.84 Å². The first-order valence-corrected chi connectivity index (χ1v) is 6.33. The van der Waals surface area contributed by atoms with Crippen LogP contribution in [0.5, 0.6) is 0 Å². The largest absolute Gasteiger partial charge is 0.396 e. The molecule has 1 aliphatic heterocycles. The fourth-order valence-electron chi connectivity index (χ4n) is 2.41. The van der Waals surface area contributed by atoms with E-state index in [9.17, 15) is 19.8 Å². The van der Waals surface area contributed by atoms with Crippen LogP contribution in [0.15, 0.2) is 15.8 Å². The number of nitrogens with zero attached hydrogens (tertiary/aromatic N) is 1. The van der Waals surface area contributed by atoms with E-state index in [1.165, 1.54) is 10.8 Å². The van der Waals surface area contributed by atoms with Crippen molar-refractivity contribution >= 4 is 0 Å². The number of rotatable bonds is 4. The van der Waals surface area contributed by atoms with Crippen molar-refractivity contribution in [3.05, 3.63) is 32.6 Å². The van der Waals surface area contributed by atoms with Crippen molar-refractivity contribution < 1.29 is 20.1 Å². The molecule has 2 heterocycles. The highest BCUT2D eigenvalue weighted by Crippen LogP contribution is 2.38. The maximum Gasteiger partial charge on any atom is 0.330 e. The Labute approximate surface area is 114 Å². The summed E-state index contributed by atoms with van der Waals surface area (Å²) in [6, 6.07) is 0.